The zero-order valence-corrected chi connectivity index (χ0v) is 16.2. The van der Waals surface area contributed by atoms with E-state index < -0.39 is 5.82 Å². The third-order valence-corrected chi connectivity index (χ3v) is 5.51. The van der Waals surface area contributed by atoms with E-state index in [0.29, 0.717) is 22.7 Å². The van der Waals surface area contributed by atoms with Crippen molar-refractivity contribution in [3.05, 3.63) is 53.6 Å². The summed E-state index contributed by atoms with van der Waals surface area (Å²) in [5, 5.41) is 5.79. The Morgan fingerprint density at radius 3 is 2.69 bits per heavy atom. The van der Waals surface area contributed by atoms with Crippen molar-refractivity contribution in [2.24, 2.45) is 0 Å². The fourth-order valence-corrected chi connectivity index (χ4v) is 4.15. The molecule has 2 aromatic carbocycles. The summed E-state index contributed by atoms with van der Waals surface area (Å²) in [6.45, 7) is 3.26. The SMILES string of the molecule is Nc1cc2ccccc2c(-c2c(Cl)cc3c(N4CCNCC4)ncnc3c2F)n1. The Labute approximate surface area is 171 Å². The lowest BCUT2D eigenvalue weighted by molar-refractivity contribution is 0.585. The van der Waals surface area contributed by atoms with E-state index in [-0.39, 0.29) is 16.1 Å². The van der Waals surface area contributed by atoms with Gasteiger partial charge in [-0.3, -0.25) is 0 Å². The Morgan fingerprint density at radius 1 is 1.07 bits per heavy atom. The highest BCUT2D eigenvalue weighted by Gasteiger charge is 2.23. The van der Waals surface area contributed by atoms with Crippen molar-refractivity contribution in [2.45, 2.75) is 0 Å². The summed E-state index contributed by atoms with van der Waals surface area (Å²) < 4.78 is 15.7. The molecule has 0 bridgehead atoms. The molecule has 1 fully saturated rings. The summed E-state index contributed by atoms with van der Waals surface area (Å²) in [6, 6.07) is 11.1. The monoisotopic (exact) mass is 408 g/mol. The second-order valence-electron chi connectivity index (χ2n) is 6.99. The third kappa shape index (κ3) is 3.03. The first-order valence-corrected chi connectivity index (χ1v) is 9.75. The highest BCUT2D eigenvalue weighted by Crippen LogP contribution is 2.39. The molecule has 3 N–H and O–H groups in total. The van der Waals surface area contributed by atoms with Crippen molar-refractivity contribution >= 4 is 44.9 Å². The number of anilines is 2. The van der Waals surface area contributed by atoms with Gasteiger partial charge < -0.3 is 16.0 Å². The molecule has 0 unspecified atom stereocenters. The van der Waals surface area contributed by atoms with Crippen molar-refractivity contribution in [3.8, 4) is 11.3 Å². The smallest absolute Gasteiger partial charge is 0.160 e. The average molecular weight is 409 g/mol. The predicted octanol–water partition coefficient (Wildman–Crippen LogP) is 3.63. The average Bonchev–Trinajstić information content (AvgIpc) is 2.74. The van der Waals surface area contributed by atoms with Gasteiger partial charge >= 0.3 is 0 Å². The van der Waals surface area contributed by atoms with Crippen LogP contribution >= 0.6 is 11.6 Å². The van der Waals surface area contributed by atoms with Crippen molar-refractivity contribution in [3.63, 3.8) is 0 Å². The minimum absolute atomic E-state index is 0.202. The molecule has 1 saturated heterocycles. The van der Waals surface area contributed by atoms with Gasteiger partial charge in [0.05, 0.1) is 16.3 Å². The topological polar surface area (TPSA) is 80.0 Å². The van der Waals surface area contributed by atoms with Crippen molar-refractivity contribution in [1.29, 1.82) is 0 Å². The van der Waals surface area contributed by atoms with E-state index >= 15 is 4.39 Å². The Kier molecular flexibility index (Phi) is 4.41. The van der Waals surface area contributed by atoms with Crippen LogP contribution in [-0.4, -0.2) is 41.1 Å². The summed E-state index contributed by atoms with van der Waals surface area (Å²) in [5.41, 5.74) is 6.82. The second kappa shape index (κ2) is 7.09. The third-order valence-electron chi connectivity index (χ3n) is 5.21. The number of pyridine rings is 1. The van der Waals surface area contributed by atoms with E-state index in [1.807, 2.05) is 24.3 Å². The summed E-state index contributed by atoms with van der Waals surface area (Å²) in [4.78, 5) is 15.1. The van der Waals surface area contributed by atoms with Crippen LogP contribution in [0.3, 0.4) is 0 Å². The Balaban J connectivity index is 1.77. The predicted molar refractivity (Wildman–Crippen MR) is 115 cm³/mol. The van der Waals surface area contributed by atoms with Gasteiger partial charge in [0.25, 0.3) is 0 Å². The Morgan fingerprint density at radius 2 is 1.86 bits per heavy atom. The highest BCUT2D eigenvalue weighted by molar-refractivity contribution is 6.34. The van der Waals surface area contributed by atoms with Gasteiger partial charge in [-0.15, -0.1) is 0 Å². The number of halogens is 2. The standard InChI is InChI=1S/C21H18ClFN6/c22-15-10-14-20(26-11-27-21(14)29-7-5-25-6-8-29)18(23)17(15)19-13-4-2-1-3-12(13)9-16(24)28-19/h1-4,9-11,25H,5-8H2,(H2,24,28). The van der Waals surface area contributed by atoms with Crippen LogP contribution in [0.2, 0.25) is 5.02 Å². The first-order chi connectivity index (χ1) is 14.1. The van der Waals surface area contributed by atoms with E-state index in [1.54, 1.807) is 12.1 Å². The molecular formula is C21H18ClFN6. The van der Waals surface area contributed by atoms with Crippen LogP contribution in [0.5, 0.6) is 0 Å². The molecule has 0 saturated carbocycles. The minimum Gasteiger partial charge on any atom is -0.384 e. The molecule has 0 atom stereocenters. The van der Waals surface area contributed by atoms with E-state index in [4.69, 9.17) is 17.3 Å². The molecule has 6 nitrogen and oxygen atoms in total. The van der Waals surface area contributed by atoms with E-state index in [1.165, 1.54) is 6.33 Å². The van der Waals surface area contributed by atoms with Gasteiger partial charge in [0.15, 0.2) is 5.82 Å². The molecule has 0 spiro atoms. The number of fused-ring (bicyclic) bond motifs is 2. The number of nitrogen functional groups attached to an aromatic ring is 1. The lowest BCUT2D eigenvalue weighted by Crippen LogP contribution is -2.44. The summed E-state index contributed by atoms with van der Waals surface area (Å²) >= 11 is 6.60. The molecule has 0 aliphatic carbocycles. The zero-order valence-electron chi connectivity index (χ0n) is 15.5. The molecule has 4 aromatic rings. The molecule has 146 valence electrons. The van der Waals surface area contributed by atoms with Crippen LogP contribution in [-0.2, 0) is 0 Å². The van der Waals surface area contributed by atoms with Crippen molar-refractivity contribution in [1.82, 2.24) is 20.3 Å². The summed E-state index contributed by atoms with van der Waals surface area (Å²) in [6.07, 6.45) is 1.39. The number of rotatable bonds is 2. The quantitative estimate of drug-likeness (QED) is 0.527. The number of aromatic nitrogens is 3. The summed E-state index contributed by atoms with van der Waals surface area (Å²) in [5.74, 6) is 0.474. The number of hydrogen-bond acceptors (Lipinski definition) is 6. The molecule has 0 amide bonds. The van der Waals surface area contributed by atoms with Gasteiger partial charge in [-0.2, -0.15) is 0 Å². The van der Waals surface area contributed by atoms with Crippen molar-refractivity contribution in [2.75, 3.05) is 36.8 Å². The Bertz CT molecular complexity index is 1240. The normalized spacial score (nSPS) is 14.6. The van der Waals surface area contributed by atoms with Crippen molar-refractivity contribution < 1.29 is 4.39 Å². The minimum atomic E-state index is -0.519. The lowest BCUT2D eigenvalue weighted by atomic mass is 10.0. The Hall–Kier alpha value is -3.03. The molecule has 1 aliphatic heterocycles. The first kappa shape index (κ1) is 18.0. The van der Waals surface area contributed by atoms with Gasteiger partial charge in [0.1, 0.15) is 23.5 Å². The second-order valence-corrected chi connectivity index (χ2v) is 7.40. The number of nitrogens with zero attached hydrogens (tertiary/aromatic N) is 4. The maximum absolute atomic E-state index is 15.7. The van der Waals surface area contributed by atoms with Crippen LogP contribution in [0, 0.1) is 5.82 Å². The van der Waals surface area contributed by atoms with Gasteiger partial charge in [-0.25, -0.2) is 19.3 Å². The number of hydrogen-bond donors (Lipinski definition) is 2. The first-order valence-electron chi connectivity index (χ1n) is 9.37. The van der Waals surface area contributed by atoms with Gasteiger partial charge in [-0.05, 0) is 17.5 Å². The summed E-state index contributed by atoms with van der Waals surface area (Å²) in [7, 11) is 0. The highest BCUT2D eigenvalue weighted by atomic mass is 35.5. The molecule has 5 rings (SSSR count). The molecular weight excluding hydrogens is 391 g/mol. The van der Waals surface area contributed by atoms with Crippen LogP contribution in [0.1, 0.15) is 0 Å². The zero-order chi connectivity index (χ0) is 20.0. The number of benzene rings is 2. The number of nitrogens with two attached hydrogens (primary N) is 1. The van der Waals surface area contributed by atoms with Crippen LogP contribution in [0.25, 0.3) is 32.9 Å². The van der Waals surface area contributed by atoms with E-state index in [0.717, 1.165) is 37.0 Å². The van der Waals surface area contributed by atoms with E-state index in [2.05, 4.69) is 25.2 Å². The lowest BCUT2D eigenvalue weighted by Gasteiger charge is -2.29. The number of nitrogens with one attached hydrogen (secondary N) is 1. The van der Waals surface area contributed by atoms with Crippen LogP contribution in [0.15, 0.2) is 42.7 Å². The molecule has 3 heterocycles. The van der Waals surface area contributed by atoms with Gasteiger partial charge in [-0.1, -0.05) is 35.9 Å². The maximum atomic E-state index is 15.7. The molecule has 1 aliphatic rings. The number of piperazine rings is 1. The maximum Gasteiger partial charge on any atom is 0.160 e. The molecule has 0 radical (unpaired) electrons. The molecule has 2 aromatic heterocycles. The molecule has 8 heteroatoms. The van der Waals surface area contributed by atoms with Gasteiger partial charge in [0.2, 0.25) is 0 Å². The molecule has 29 heavy (non-hydrogen) atoms. The van der Waals surface area contributed by atoms with Gasteiger partial charge in [0, 0.05) is 37.0 Å². The van der Waals surface area contributed by atoms with Crippen LogP contribution in [0.4, 0.5) is 16.0 Å². The fourth-order valence-electron chi connectivity index (χ4n) is 3.87. The van der Waals surface area contributed by atoms with Crippen LogP contribution < -0.4 is 16.0 Å². The van der Waals surface area contributed by atoms with E-state index in [9.17, 15) is 0 Å². The fraction of sp³-hybridized carbons (Fsp3) is 0.190. The largest absolute Gasteiger partial charge is 0.384 e.